The van der Waals surface area contributed by atoms with Gasteiger partial charge in [-0.25, -0.2) is 23.2 Å². The summed E-state index contributed by atoms with van der Waals surface area (Å²) in [6.07, 6.45) is 6.68. The predicted molar refractivity (Wildman–Crippen MR) is 267 cm³/mol. The summed E-state index contributed by atoms with van der Waals surface area (Å²) in [6, 6.07) is 21.5. The number of anilines is 2. The first kappa shape index (κ1) is 48.7. The maximum Gasteiger partial charge on any atom is 0.254 e. The number of rotatable bonds is 2. The van der Waals surface area contributed by atoms with Gasteiger partial charge in [0.15, 0.2) is 23.1 Å². The molecular weight excluding hydrogens is 932 g/mol. The Balaban J connectivity index is 0.000000199. The molecule has 2 amide bonds. The number of nitrogens with one attached hydrogen (secondary N) is 1. The van der Waals surface area contributed by atoms with E-state index in [1.807, 2.05) is 58.0 Å². The molecule has 8 rings (SSSR count). The molecule has 3 atom stereocenters. The first-order chi connectivity index (χ1) is 31.4. The number of aromatic nitrogens is 2. The zero-order chi connectivity index (χ0) is 48.9. The van der Waals surface area contributed by atoms with E-state index in [0.717, 1.165) is 33.4 Å². The maximum absolute atomic E-state index is 13.5. The molecule has 0 saturated carbocycles. The van der Waals surface area contributed by atoms with E-state index in [1.54, 1.807) is 91.3 Å². The van der Waals surface area contributed by atoms with Crippen LogP contribution in [0.15, 0.2) is 94.4 Å². The Morgan fingerprint density at radius 3 is 1.54 bits per heavy atom. The van der Waals surface area contributed by atoms with Crippen molar-refractivity contribution < 1.29 is 27.5 Å². The fourth-order valence-electron chi connectivity index (χ4n) is 8.02. The van der Waals surface area contributed by atoms with Gasteiger partial charge >= 0.3 is 0 Å². The number of ether oxygens (including phenoxy) is 2. The highest BCUT2D eigenvalue weighted by Crippen LogP contribution is 2.40. The number of pyridine rings is 2. The van der Waals surface area contributed by atoms with Crippen LogP contribution in [-0.2, 0) is 32.5 Å². The lowest BCUT2D eigenvalue weighted by Crippen LogP contribution is -2.28. The van der Waals surface area contributed by atoms with Crippen LogP contribution >= 0.6 is 23.2 Å². The van der Waals surface area contributed by atoms with Gasteiger partial charge in [-0.05, 0) is 110 Å². The number of hydrogen-bond donors (Lipinski definition) is 3. The monoisotopic (exact) mass is 982 g/mol. The molecule has 2 aromatic heterocycles. The highest BCUT2D eigenvalue weighted by Gasteiger charge is 2.29. The van der Waals surface area contributed by atoms with Crippen molar-refractivity contribution in [3.63, 3.8) is 0 Å². The third-order valence-corrected chi connectivity index (χ3v) is 14.3. The quantitative estimate of drug-likeness (QED) is 0.150. The van der Waals surface area contributed by atoms with Crippen LogP contribution in [0.4, 0.5) is 17.3 Å². The van der Waals surface area contributed by atoms with E-state index >= 15 is 0 Å². The molecule has 350 valence electrons. The Hall–Kier alpha value is -6.20. The molecule has 4 heterocycles. The summed E-state index contributed by atoms with van der Waals surface area (Å²) in [7, 11) is -1.83. The highest BCUT2D eigenvalue weighted by molar-refractivity contribution is 7.92. The highest BCUT2D eigenvalue weighted by atomic mass is 35.5. The van der Waals surface area contributed by atoms with Crippen molar-refractivity contribution in [3.05, 3.63) is 140 Å². The van der Waals surface area contributed by atoms with Crippen molar-refractivity contribution in [1.82, 2.24) is 19.8 Å². The molecule has 4 aromatic carbocycles. The van der Waals surface area contributed by atoms with Crippen molar-refractivity contribution in [3.8, 4) is 33.8 Å². The summed E-state index contributed by atoms with van der Waals surface area (Å²) in [5.74, 6) is 0.796. The molecule has 67 heavy (non-hydrogen) atoms. The number of aryl methyl sites for hydroxylation is 2. The molecular formula is C49H52Cl2N8O6S2. The SMILES string of the molecule is Cc1ccc2c(c1Cl)[C@@H](C)Oc1cc(cnc1N)-c1cc(N=S(C)(C)=O)ccc1CN(C)C2=O.Cc1ccc2c(c1Cl)[C@@H](C)Oc1cc(cnc1N)-c1cc(S(C)(=N)=O)ccc1CN(C)C2=O. The van der Waals surface area contributed by atoms with Crippen molar-refractivity contribution in [1.29, 1.82) is 4.78 Å². The molecule has 0 radical (unpaired) electrons. The minimum atomic E-state index is -2.94. The van der Waals surface area contributed by atoms with Gasteiger partial charge in [-0.2, -0.15) is 4.36 Å². The Kier molecular flexibility index (Phi) is 13.7. The number of nitrogens with two attached hydrogens (primary N) is 2. The molecule has 0 spiro atoms. The van der Waals surface area contributed by atoms with Crippen LogP contribution < -0.4 is 20.9 Å². The van der Waals surface area contributed by atoms with Crippen LogP contribution in [0.1, 0.15) is 80.2 Å². The number of nitrogens with zero attached hydrogens (tertiary/aromatic N) is 5. The largest absolute Gasteiger partial charge is 0.482 e. The lowest BCUT2D eigenvalue weighted by Gasteiger charge is -2.26. The van der Waals surface area contributed by atoms with Crippen molar-refractivity contribution in [2.75, 3.05) is 44.3 Å². The molecule has 2 aliphatic heterocycles. The fourth-order valence-corrected chi connectivity index (χ4v) is 9.94. The lowest BCUT2D eigenvalue weighted by atomic mass is 9.97. The molecule has 14 nitrogen and oxygen atoms in total. The minimum absolute atomic E-state index is 0.174. The van der Waals surface area contributed by atoms with E-state index in [9.17, 15) is 18.0 Å². The van der Waals surface area contributed by atoms with Crippen molar-refractivity contribution >= 4 is 71.8 Å². The third-order valence-electron chi connectivity index (χ3n) is 11.5. The third kappa shape index (κ3) is 10.4. The van der Waals surface area contributed by atoms with Gasteiger partial charge in [-0.15, -0.1) is 0 Å². The van der Waals surface area contributed by atoms with Gasteiger partial charge in [0.2, 0.25) is 0 Å². The minimum Gasteiger partial charge on any atom is -0.482 e. The zero-order valence-corrected chi connectivity index (χ0v) is 41.7. The number of nitrogen functional groups attached to an aromatic ring is 2. The number of hydrogen-bond acceptors (Lipinski definition) is 12. The van der Waals surface area contributed by atoms with Gasteiger partial charge in [0.1, 0.15) is 12.2 Å². The smallest absolute Gasteiger partial charge is 0.254 e. The normalized spacial score (nSPS) is 16.8. The second-order valence-corrected chi connectivity index (χ2v) is 22.6. The molecule has 4 bridgehead atoms. The van der Waals surface area contributed by atoms with Crippen molar-refractivity contribution in [2.45, 2.75) is 57.9 Å². The summed E-state index contributed by atoms with van der Waals surface area (Å²) in [5, 5.41) is 0.959. The number of halogens is 2. The van der Waals surface area contributed by atoms with Crippen LogP contribution in [0.3, 0.4) is 0 Å². The van der Waals surface area contributed by atoms with Crippen molar-refractivity contribution in [2.24, 2.45) is 4.36 Å². The van der Waals surface area contributed by atoms with Gasteiger partial charge in [0.05, 0.1) is 25.5 Å². The number of benzene rings is 4. The number of amides is 2. The summed E-state index contributed by atoms with van der Waals surface area (Å²) in [4.78, 5) is 39.3. The van der Waals surface area contributed by atoms with Crippen LogP contribution in [0.25, 0.3) is 22.3 Å². The second kappa shape index (κ2) is 18.8. The fraction of sp³-hybridized carbons (Fsp3) is 0.265. The zero-order valence-electron chi connectivity index (χ0n) is 38.6. The first-order valence-electron chi connectivity index (χ1n) is 21.0. The lowest BCUT2D eigenvalue weighted by molar-refractivity contribution is 0.0773. The Morgan fingerprint density at radius 2 is 1.10 bits per heavy atom. The van der Waals surface area contributed by atoms with Gasteiger partial charge in [-0.3, -0.25) is 9.59 Å². The topological polar surface area (TPSA) is 207 Å². The Labute approximate surface area is 401 Å². The van der Waals surface area contributed by atoms with E-state index in [2.05, 4.69) is 14.3 Å². The molecule has 18 heteroatoms. The summed E-state index contributed by atoms with van der Waals surface area (Å²) < 4.78 is 49.4. The second-order valence-electron chi connectivity index (χ2n) is 17.1. The van der Waals surface area contributed by atoms with Gasteiger partial charge in [0, 0.05) is 106 Å². The molecule has 2 aliphatic rings. The van der Waals surface area contributed by atoms with Crippen LogP contribution in [-0.4, -0.2) is 72.9 Å². The Bertz CT molecular complexity index is 3240. The van der Waals surface area contributed by atoms with Gasteiger partial charge < -0.3 is 30.7 Å². The van der Waals surface area contributed by atoms with E-state index in [-0.39, 0.29) is 30.0 Å². The molecule has 0 fully saturated rings. The van der Waals surface area contributed by atoms with Crippen LogP contribution in [0, 0.1) is 18.6 Å². The summed E-state index contributed by atoms with van der Waals surface area (Å²) in [6.45, 7) is 8.04. The molecule has 0 saturated heterocycles. The molecule has 1 unspecified atom stereocenters. The number of fused-ring (bicyclic) bond motifs is 10. The molecule has 5 N–H and O–H groups in total. The maximum atomic E-state index is 13.5. The number of carbonyl (C=O) groups excluding carboxylic acids is 2. The summed E-state index contributed by atoms with van der Waals surface area (Å²) in [5.41, 5.74) is 21.3. The van der Waals surface area contributed by atoms with E-state index in [1.165, 1.54) is 6.26 Å². The Morgan fingerprint density at radius 1 is 0.672 bits per heavy atom. The standard InChI is InChI=1S/C25H27ClN4O3S.C24H25ClN4O3S/c1-14-6-9-19-22(23(14)26)15(2)33-21-10-17(12-28-24(21)27)20-11-18(29-34(4,5)32)8-7-16(20)13-30(3)25(19)31;1-13-5-8-18-21(22(13)25)14(2)32-20-9-16(11-28-23(20)26)19-10-17(33(4,27)31)7-6-15(19)12-29(3)24(18)30/h6-12,15H,13H2,1-5H3,(H2,27,28);5-11,14,27H,12H2,1-4H3,(H2,26,28)/t15-;14-,33?/m11/s1. The average Bonchev–Trinajstić information content (AvgIpc) is 3.25. The molecule has 0 aliphatic carbocycles. The van der Waals surface area contributed by atoms with E-state index in [4.69, 9.17) is 48.9 Å². The van der Waals surface area contributed by atoms with Gasteiger partial charge in [0.25, 0.3) is 11.8 Å². The van der Waals surface area contributed by atoms with Crippen LogP contribution in [0.5, 0.6) is 11.5 Å². The molecule has 6 aromatic rings. The van der Waals surface area contributed by atoms with E-state index < -0.39 is 31.7 Å². The first-order valence-corrected chi connectivity index (χ1v) is 26.1. The van der Waals surface area contributed by atoms with Crippen LogP contribution in [0.2, 0.25) is 10.0 Å². The predicted octanol–water partition coefficient (Wildman–Crippen LogP) is 10.4. The van der Waals surface area contributed by atoms with Gasteiger partial charge in [-0.1, -0.05) is 47.5 Å². The summed E-state index contributed by atoms with van der Waals surface area (Å²) >= 11 is 13.3. The van der Waals surface area contributed by atoms with E-state index in [0.29, 0.717) is 72.1 Å². The number of carbonyl (C=O) groups is 2. The average molecular weight is 984 g/mol.